The molecule has 7 atom stereocenters. The molecule has 0 unspecified atom stereocenters. The van der Waals surface area contributed by atoms with Crippen LogP contribution in [0.25, 0.3) is 11.1 Å². The molecule has 1 amide bonds. The molecule has 2 fully saturated rings. The van der Waals surface area contributed by atoms with Crippen molar-refractivity contribution in [1.82, 2.24) is 4.90 Å². The van der Waals surface area contributed by atoms with Crippen LogP contribution in [0.15, 0.2) is 115 Å². The zero-order valence-electron chi connectivity index (χ0n) is 33.5. The van der Waals surface area contributed by atoms with Gasteiger partial charge in [0.15, 0.2) is 12.6 Å². The van der Waals surface area contributed by atoms with Crippen LogP contribution in [0.4, 0.5) is 10.5 Å². The largest absolute Gasteiger partial charge is 0.452 e. The maximum atomic E-state index is 13.8. The first-order valence-electron chi connectivity index (χ1n) is 19.8. The Labute approximate surface area is 353 Å². The number of thiocarbonyl (C=S) groups is 1. The highest BCUT2D eigenvalue weighted by atomic mass is 32.1. The number of nitrogens with zero attached hydrogens (tertiary/aromatic N) is 2. The van der Waals surface area contributed by atoms with Gasteiger partial charge in [0.25, 0.3) is 5.69 Å². The quantitative estimate of drug-likeness (QED) is 0.0584. The van der Waals surface area contributed by atoms with E-state index in [1.165, 1.54) is 6.07 Å². The fourth-order valence-electron chi connectivity index (χ4n) is 8.02. The van der Waals surface area contributed by atoms with Gasteiger partial charge < -0.3 is 47.9 Å². The van der Waals surface area contributed by atoms with E-state index < -0.39 is 54.1 Å². The molecule has 1 N–H and O–H groups in total. The highest BCUT2D eigenvalue weighted by Crippen LogP contribution is 2.44. The number of benzene rings is 4. The maximum Gasteiger partial charge on any atom is 0.410 e. The predicted octanol–water partition coefficient (Wildman–Crippen LogP) is 7.31. The van der Waals surface area contributed by atoms with Crippen molar-refractivity contribution in [3.8, 4) is 16.9 Å². The molecule has 3 aliphatic rings. The van der Waals surface area contributed by atoms with Crippen LogP contribution in [0.5, 0.6) is 5.75 Å². The topological polar surface area (TPSA) is 158 Å². The van der Waals surface area contributed by atoms with E-state index in [4.69, 9.17) is 50.1 Å². The smallest absolute Gasteiger partial charge is 0.410 e. The monoisotopic (exact) mass is 840 g/mol. The Kier molecular flexibility index (Phi) is 14.2. The second-order valence-electron chi connectivity index (χ2n) is 14.5. The van der Waals surface area contributed by atoms with Gasteiger partial charge in [-0.1, -0.05) is 78.9 Å². The first-order valence-corrected chi connectivity index (χ1v) is 20.3. The maximum absolute atomic E-state index is 13.8. The third kappa shape index (κ3) is 9.68. The molecular weight excluding hydrogens is 793 g/mol. The Hall–Kier alpha value is -5.26. The van der Waals surface area contributed by atoms with E-state index in [0.29, 0.717) is 23.4 Å². The van der Waals surface area contributed by atoms with E-state index in [-0.39, 0.29) is 49.7 Å². The molecule has 15 heteroatoms. The number of hydrogen-bond donors (Lipinski definition) is 1. The Morgan fingerprint density at radius 2 is 1.63 bits per heavy atom. The first kappa shape index (κ1) is 42.8. The zero-order valence-corrected chi connectivity index (χ0v) is 34.3. The van der Waals surface area contributed by atoms with Crippen LogP contribution in [0.2, 0.25) is 0 Å². The summed E-state index contributed by atoms with van der Waals surface area (Å²) in [5.74, 6) is 0.416. The van der Waals surface area contributed by atoms with Gasteiger partial charge in [0.1, 0.15) is 31.2 Å². The van der Waals surface area contributed by atoms with E-state index in [2.05, 4.69) is 24.3 Å². The van der Waals surface area contributed by atoms with Crippen molar-refractivity contribution in [3.05, 3.63) is 142 Å². The van der Waals surface area contributed by atoms with Gasteiger partial charge in [0, 0.05) is 44.3 Å². The first-order chi connectivity index (χ1) is 29.2. The minimum absolute atomic E-state index is 0.0401. The van der Waals surface area contributed by atoms with Crippen LogP contribution in [0.3, 0.4) is 0 Å². The van der Waals surface area contributed by atoms with E-state index in [9.17, 15) is 20.0 Å². The molecule has 2 saturated heterocycles. The second-order valence-corrected chi connectivity index (χ2v) is 14.8. The Morgan fingerprint density at radius 1 is 0.967 bits per heavy atom. The highest BCUT2D eigenvalue weighted by Gasteiger charge is 2.46. The van der Waals surface area contributed by atoms with Crippen molar-refractivity contribution >= 4 is 29.2 Å². The lowest BCUT2D eigenvalue weighted by molar-refractivity contribution is -0.386. The molecule has 0 aromatic heterocycles. The van der Waals surface area contributed by atoms with Gasteiger partial charge in [0.05, 0.1) is 42.0 Å². The summed E-state index contributed by atoms with van der Waals surface area (Å²) in [6, 6.07) is 31.0. The van der Waals surface area contributed by atoms with Gasteiger partial charge in [0.2, 0.25) is 0 Å². The summed E-state index contributed by atoms with van der Waals surface area (Å²) >= 11 is 5.24. The summed E-state index contributed by atoms with van der Waals surface area (Å²) in [7, 11) is 1.55. The molecule has 14 nitrogen and oxygen atoms in total. The van der Waals surface area contributed by atoms with Crippen LogP contribution in [0.1, 0.15) is 42.9 Å². The molecule has 4 aromatic carbocycles. The van der Waals surface area contributed by atoms with Crippen LogP contribution in [0, 0.1) is 10.1 Å². The third-order valence-corrected chi connectivity index (χ3v) is 11.2. The summed E-state index contributed by atoms with van der Waals surface area (Å²) in [5.41, 5.74) is 5.13. The lowest BCUT2D eigenvalue weighted by Crippen LogP contribution is -2.57. The second kappa shape index (κ2) is 19.9. The van der Waals surface area contributed by atoms with Crippen molar-refractivity contribution in [3.63, 3.8) is 0 Å². The molecule has 0 bridgehead atoms. The van der Waals surface area contributed by atoms with Gasteiger partial charge in [-0.25, -0.2) is 4.79 Å². The Bertz CT molecular complexity index is 2110. The average Bonchev–Trinajstić information content (AvgIpc) is 3.58. The minimum Gasteiger partial charge on any atom is -0.452 e. The standard InChI is InChI=1S/C45H48N2O12S/c1-4-46(44(49)56-26-36-34-19-11-9-17-32(34)33-18-10-12-20-35(33)36)38-27-54-40(24-39(38)52-3)59-42-41(48)31(22-23-53-45(60)58-30-15-6-5-7-16-30)28(2)57-43(42)55-25-29-14-8-13-21-37(29)47(50)51/h5-22,28,36,38-43,48H,4,23-27H2,1-3H3/b31-22+/t28-,38+,39+,40+,41+,42-,43-/m1/s1. The number of carbonyl (C=O) groups is 1. The van der Waals surface area contributed by atoms with Crippen molar-refractivity contribution in [2.45, 2.75) is 75.8 Å². The molecule has 2 heterocycles. The molecule has 7 rings (SSSR count). The van der Waals surface area contributed by atoms with Crippen LogP contribution in [-0.4, -0.2) is 103 Å². The number of aliphatic hydroxyl groups is 1. The van der Waals surface area contributed by atoms with Crippen LogP contribution >= 0.6 is 12.2 Å². The number of fused-ring (bicyclic) bond motifs is 3. The van der Waals surface area contributed by atoms with Gasteiger partial charge in [-0.2, -0.15) is 0 Å². The SMILES string of the molecule is CCN(C(=O)OCC1c2ccccc2-c2ccccc21)[C@H]1CO[C@@H](O[C@H]2[C@H](OCc3ccccc3[N+](=O)[O-])O[C@H](C)/C(=C\COC(=S)Oc3ccccc3)[C@@H]2O)C[C@@H]1OC. The third-order valence-electron chi connectivity index (χ3n) is 11.0. The fourth-order valence-corrected chi connectivity index (χ4v) is 8.18. The molecule has 0 saturated carbocycles. The van der Waals surface area contributed by atoms with Gasteiger partial charge >= 0.3 is 11.3 Å². The lowest BCUT2D eigenvalue weighted by atomic mass is 9.95. The number of rotatable bonds is 14. The number of ether oxygens (including phenoxy) is 8. The Morgan fingerprint density at radius 3 is 2.32 bits per heavy atom. The van der Waals surface area contributed by atoms with Gasteiger partial charge in [-0.3, -0.25) is 10.1 Å². The number of amides is 1. The van der Waals surface area contributed by atoms with Gasteiger partial charge in [-0.15, -0.1) is 0 Å². The van der Waals surface area contributed by atoms with Gasteiger partial charge in [-0.05, 0) is 65.9 Å². The Balaban J connectivity index is 1.02. The number of nitro benzene ring substituents is 1. The molecule has 0 radical (unpaired) electrons. The molecule has 316 valence electrons. The van der Waals surface area contributed by atoms with Crippen molar-refractivity contribution < 1.29 is 52.7 Å². The fraction of sp³-hybridized carbons (Fsp3) is 0.378. The lowest BCUT2D eigenvalue weighted by Gasteiger charge is -2.44. The molecule has 4 aromatic rings. The van der Waals surface area contributed by atoms with Crippen molar-refractivity contribution in [2.75, 3.05) is 33.5 Å². The van der Waals surface area contributed by atoms with Crippen LogP contribution in [-0.2, 0) is 39.8 Å². The summed E-state index contributed by atoms with van der Waals surface area (Å²) in [6.45, 7) is 3.89. The van der Waals surface area contributed by atoms with Crippen molar-refractivity contribution in [1.29, 1.82) is 0 Å². The summed E-state index contributed by atoms with van der Waals surface area (Å²) < 4.78 is 48.1. The molecule has 60 heavy (non-hydrogen) atoms. The number of para-hydroxylation sites is 2. The average molecular weight is 841 g/mol. The number of carbonyl (C=O) groups excluding carboxylic acids is 1. The van der Waals surface area contributed by atoms with Crippen LogP contribution < -0.4 is 4.74 Å². The number of hydrogen-bond acceptors (Lipinski definition) is 13. The minimum atomic E-state index is -1.29. The van der Waals surface area contributed by atoms with E-state index in [1.807, 2.05) is 37.3 Å². The normalized spacial score (nSPS) is 24.3. The zero-order chi connectivity index (χ0) is 42.2. The molecule has 1 aliphatic carbocycles. The predicted molar refractivity (Wildman–Crippen MR) is 223 cm³/mol. The summed E-state index contributed by atoms with van der Waals surface area (Å²) in [6.07, 6.45) is -4.44. The summed E-state index contributed by atoms with van der Waals surface area (Å²) in [5, 5.41) is 23.5. The number of likely N-dealkylation sites (N-methyl/N-ethyl adjacent to an activating group) is 1. The highest BCUT2D eigenvalue weighted by molar-refractivity contribution is 7.79. The number of aliphatic hydroxyl groups excluding tert-OH is 1. The summed E-state index contributed by atoms with van der Waals surface area (Å²) in [4.78, 5) is 26.6. The van der Waals surface area contributed by atoms with Crippen molar-refractivity contribution in [2.24, 2.45) is 0 Å². The molecular formula is C45H48N2O12S. The number of methoxy groups -OCH3 is 1. The molecule has 2 aliphatic heterocycles. The number of nitro groups is 1. The van der Waals surface area contributed by atoms with E-state index >= 15 is 0 Å². The molecule has 0 spiro atoms. The van der Waals surface area contributed by atoms with E-state index in [1.54, 1.807) is 67.5 Å². The van der Waals surface area contributed by atoms with E-state index in [0.717, 1.165) is 22.3 Å².